The molecule has 176 valence electrons. The topological polar surface area (TPSA) is 90.1 Å². The van der Waals surface area contributed by atoms with E-state index < -0.39 is 0 Å². The number of fused-ring (bicyclic) bond motifs is 1. The SMILES string of the molecule is CCN(CC)CCNC(=O)c1c(C)[nH]c(/C=C2\C(=O)Nc3c2cccc3-c2ccncc2)c1C. The summed E-state index contributed by atoms with van der Waals surface area (Å²) in [5.74, 6) is -0.257. The molecular weight excluding hydrogens is 426 g/mol. The minimum Gasteiger partial charge on any atom is -0.358 e. The first-order valence-corrected chi connectivity index (χ1v) is 11.7. The highest BCUT2D eigenvalue weighted by atomic mass is 16.2. The van der Waals surface area contributed by atoms with Crippen molar-refractivity contribution in [1.29, 1.82) is 0 Å². The van der Waals surface area contributed by atoms with Crippen molar-refractivity contribution in [3.63, 3.8) is 0 Å². The van der Waals surface area contributed by atoms with Crippen LogP contribution in [0.4, 0.5) is 5.69 Å². The smallest absolute Gasteiger partial charge is 0.256 e. The Hall–Kier alpha value is -3.71. The lowest BCUT2D eigenvalue weighted by Crippen LogP contribution is -2.35. The average molecular weight is 458 g/mol. The normalized spacial score (nSPS) is 13.9. The standard InChI is InChI=1S/C27H31N5O2/c1-5-32(6-2)15-14-29-27(34)24-17(3)23(30-18(24)4)16-22-21-9-7-8-20(25(21)31-26(22)33)19-10-12-28-13-11-19/h7-13,16,30H,5-6,14-15H2,1-4H3,(H,29,34)(H,31,33)/b22-16-. The van der Waals surface area contributed by atoms with Crippen LogP contribution >= 0.6 is 0 Å². The number of rotatable bonds is 8. The Labute approximate surface area is 200 Å². The van der Waals surface area contributed by atoms with Crippen LogP contribution in [0.5, 0.6) is 0 Å². The lowest BCUT2D eigenvalue weighted by atomic mass is 9.98. The highest BCUT2D eigenvalue weighted by Gasteiger charge is 2.27. The van der Waals surface area contributed by atoms with Gasteiger partial charge >= 0.3 is 0 Å². The van der Waals surface area contributed by atoms with E-state index in [-0.39, 0.29) is 11.8 Å². The van der Waals surface area contributed by atoms with Crippen LogP contribution in [0.25, 0.3) is 22.8 Å². The molecule has 1 aromatic carbocycles. The van der Waals surface area contributed by atoms with Gasteiger partial charge in [-0.25, -0.2) is 0 Å². The molecule has 0 radical (unpaired) electrons. The van der Waals surface area contributed by atoms with Crippen molar-refractivity contribution in [3.8, 4) is 11.1 Å². The predicted molar refractivity (Wildman–Crippen MR) is 137 cm³/mol. The highest BCUT2D eigenvalue weighted by Crippen LogP contribution is 2.40. The van der Waals surface area contributed by atoms with E-state index in [9.17, 15) is 9.59 Å². The van der Waals surface area contributed by atoms with Gasteiger partial charge in [0, 0.05) is 48.0 Å². The van der Waals surface area contributed by atoms with E-state index >= 15 is 0 Å². The molecule has 7 heteroatoms. The van der Waals surface area contributed by atoms with Crippen molar-refractivity contribution in [3.05, 3.63) is 70.8 Å². The van der Waals surface area contributed by atoms with Crippen LogP contribution in [0.1, 0.15) is 46.7 Å². The van der Waals surface area contributed by atoms with Gasteiger partial charge in [0.25, 0.3) is 11.8 Å². The summed E-state index contributed by atoms with van der Waals surface area (Å²) >= 11 is 0. The van der Waals surface area contributed by atoms with Crippen molar-refractivity contribution < 1.29 is 9.59 Å². The first-order chi connectivity index (χ1) is 16.4. The first-order valence-electron chi connectivity index (χ1n) is 11.7. The van der Waals surface area contributed by atoms with Gasteiger partial charge in [-0.05, 0) is 56.3 Å². The molecule has 4 rings (SSSR count). The fraction of sp³-hybridized carbons (Fsp3) is 0.296. The number of aromatic nitrogens is 2. The molecule has 2 aromatic heterocycles. The molecule has 2 amide bonds. The number of carbonyl (C=O) groups is 2. The molecule has 34 heavy (non-hydrogen) atoms. The van der Waals surface area contributed by atoms with E-state index in [0.29, 0.717) is 17.7 Å². The van der Waals surface area contributed by atoms with Crippen LogP contribution in [0.15, 0.2) is 42.7 Å². The Morgan fingerprint density at radius 2 is 1.79 bits per heavy atom. The van der Waals surface area contributed by atoms with E-state index in [1.54, 1.807) is 12.4 Å². The summed E-state index contributed by atoms with van der Waals surface area (Å²) in [5, 5.41) is 6.05. The summed E-state index contributed by atoms with van der Waals surface area (Å²) in [6, 6.07) is 9.72. The van der Waals surface area contributed by atoms with Gasteiger partial charge in [0.1, 0.15) is 0 Å². The lowest BCUT2D eigenvalue weighted by Gasteiger charge is -2.18. The number of anilines is 1. The second kappa shape index (κ2) is 10.1. The number of H-pyrrole nitrogens is 1. The zero-order valence-electron chi connectivity index (χ0n) is 20.2. The van der Waals surface area contributed by atoms with Crippen LogP contribution in [-0.2, 0) is 4.79 Å². The van der Waals surface area contributed by atoms with Crippen molar-refractivity contribution >= 4 is 29.2 Å². The number of pyridine rings is 1. The number of nitrogens with zero attached hydrogens (tertiary/aromatic N) is 2. The number of benzene rings is 1. The van der Waals surface area contributed by atoms with Crippen molar-refractivity contribution in [2.24, 2.45) is 0 Å². The third-order valence-corrected chi connectivity index (χ3v) is 6.43. The maximum Gasteiger partial charge on any atom is 0.256 e. The number of para-hydroxylation sites is 1. The monoisotopic (exact) mass is 457 g/mol. The van der Waals surface area contributed by atoms with Gasteiger partial charge in [0.2, 0.25) is 0 Å². The van der Waals surface area contributed by atoms with Crippen LogP contribution in [0.3, 0.4) is 0 Å². The summed E-state index contributed by atoms with van der Waals surface area (Å²) in [7, 11) is 0. The van der Waals surface area contributed by atoms with E-state index in [4.69, 9.17) is 0 Å². The molecular formula is C27H31N5O2. The molecule has 0 spiro atoms. The molecule has 0 saturated carbocycles. The number of aryl methyl sites for hydroxylation is 1. The summed E-state index contributed by atoms with van der Waals surface area (Å²) in [5.41, 5.74) is 7.16. The van der Waals surface area contributed by atoms with Crippen LogP contribution in [0, 0.1) is 13.8 Å². The fourth-order valence-corrected chi connectivity index (χ4v) is 4.49. The molecule has 3 N–H and O–H groups in total. The number of carbonyl (C=O) groups excluding carboxylic acids is 2. The quantitative estimate of drug-likeness (QED) is 0.441. The zero-order valence-corrected chi connectivity index (χ0v) is 20.2. The molecule has 0 bridgehead atoms. The predicted octanol–water partition coefficient (Wildman–Crippen LogP) is 4.26. The van der Waals surface area contributed by atoms with Crippen LogP contribution in [0.2, 0.25) is 0 Å². The van der Waals surface area contributed by atoms with Gasteiger partial charge in [-0.15, -0.1) is 0 Å². The van der Waals surface area contributed by atoms with Crippen molar-refractivity contribution in [2.45, 2.75) is 27.7 Å². The fourth-order valence-electron chi connectivity index (χ4n) is 4.49. The summed E-state index contributed by atoms with van der Waals surface area (Å²) in [4.78, 5) is 35.5. The first kappa shape index (κ1) is 23.4. The minimum atomic E-state index is -0.159. The van der Waals surface area contributed by atoms with Gasteiger partial charge in [-0.3, -0.25) is 14.6 Å². The molecule has 0 fully saturated rings. The maximum atomic E-state index is 12.9. The second-order valence-corrected chi connectivity index (χ2v) is 8.42. The molecule has 7 nitrogen and oxygen atoms in total. The molecule has 0 saturated heterocycles. The Kier molecular flexibility index (Phi) is 6.93. The number of nitrogens with one attached hydrogen (secondary N) is 3. The average Bonchev–Trinajstić information content (AvgIpc) is 3.31. The second-order valence-electron chi connectivity index (χ2n) is 8.42. The minimum absolute atomic E-state index is 0.0979. The van der Waals surface area contributed by atoms with E-state index in [1.807, 2.05) is 50.3 Å². The summed E-state index contributed by atoms with van der Waals surface area (Å²) < 4.78 is 0. The molecule has 1 aliphatic rings. The Morgan fingerprint density at radius 3 is 2.50 bits per heavy atom. The Bertz CT molecular complexity index is 1240. The van der Waals surface area contributed by atoms with Crippen LogP contribution in [-0.4, -0.2) is 52.9 Å². The number of hydrogen-bond acceptors (Lipinski definition) is 4. The highest BCUT2D eigenvalue weighted by molar-refractivity contribution is 6.36. The summed E-state index contributed by atoms with van der Waals surface area (Å²) in [6.45, 7) is 11.3. The van der Waals surface area contributed by atoms with Gasteiger partial charge in [0.15, 0.2) is 0 Å². The van der Waals surface area contributed by atoms with E-state index in [2.05, 4.69) is 39.3 Å². The third-order valence-electron chi connectivity index (χ3n) is 6.43. The maximum absolute atomic E-state index is 12.9. The molecule has 3 heterocycles. The Morgan fingerprint density at radius 1 is 1.09 bits per heavy atom. The van der Waals surface area contributed by atoms with Crippen LogP contribution < -0.4 is 10.6 Å². The van der Waals surface area contributed by atoms with Gasteiger partial charge in [-0.2, -0.15) is 0 Å². The lowest BCUT2D eigenvalue weighted by molar-refractivity contribution is -0.110. The molecule has 1 aliphatic heterocycles. The number of amides is 2. The number of likely N-dealkylation sites (N-methyl/N-ethyl adjacent to an activating group) is 1. The molecule has 0 atom stereocenters. The van der Waals surface area contributed by atoms with Gasteiger partial charge < -0.3 is 20.5 Å². The number of hydrogen-bond donors (Lipinski definition) is 3. The van der Waals surface area contributed by atoms with E-state index in [1.165, 1.54) is 0 Å². The molecule has 3 aromatic rings. The van der Waals surface area contributed by atoms with Crippen molar-refractivity contribution in [1.82, 2.24) is 20.2 Å². The zero-order chi connectivity index (χ0) is 24.2. The van der Waals surface area contributed by atoms with E-state index in [0.717, 1.165) is 59.0 Å². The Balaban J connectivity index is 1.62. The third kappa shape index (κ3) is 4.52. The number of aromatic amines is 1. The van der Waals surface area contributed by atoms with Gasteiger partial charge in [-0.1, -0.05) is 32.0 Å². The van der Waals surface area contributed by atoms with Crippen molar-refractivity contribution in [2.75, 3.05) is 31.5 Å². The molecule has 0 aliphatic carbocycles. The summed E-state index contributed by atoms with van der Waals surface area (Å²) in [6.07, 6.45) is 5.32. The van der Waals surface area contributed by atoms with Gasteiger partial charge in [0.05, 0.1) is 16.8 Å². The molecule has 0 unspecified atom stereocenters. The largest absolute Gasteiger partial charge is 0.358 e.